The smallest absolute Gasteiger partial charge is 0.255 e. The summed E-state index contributed by atoms with van der Waals surface area (Å²) in [5, 5.41) is 12.2. The summed E-state index contributed by atoms with van der Waals surface area (Å²) in [4.78, 5) is 17.3. The Morgan fingerprint density at radius 3 is 2.96 bits per heavy atom. The van der Waals surface area contributed by atoms with Crippen molar-refractivity contribution in [1.82, 2.24) is 29.5 Å². The van der Waals surface area contributed by atoms with Crippen LogP contribution in [-0.2, 0) is 13.5 Å². The lowest BCUT2D eigenvalue weighted by Crippen LogP contribution is -2.27. The van der Waals surface area contributed by atoms with Gasteiger partial charge in [0.1, 0.15) is 11.6 Å². The van der Waals surface area contributed by atoms with E-state index in [9.17, 15) is 4.79 Å². The number of benzene rings is 1. The van der Waals surface area contributed by atoms with E-state index in [4.69, 9.17) is 11.6 Å². The van der Waals surface area contributed by atoms with Gasteiger partial charge in [0.15, 0.2) is 5.65 Å². The predicted octanol–water partition coefficient (Wildman–Crippen LogP) is 3.12. The third-order valence-electron chi connectivity index (χ3n) is 5.22. The second kappa shape index (κ2) is 6.60. The third kappa shape index (κ3) is 2.92. The molecular formula is C20H19ClN6O. The van der Waals surface area contributed by atoms with Crippen LogP contribution in [0.5, 0.6) is 0 Å². The van der Waals surface area contributed by atoms with Crippen molar-refractivity contribution in [1.29, 1.82) is 0 Å². The molecule has 5 rings (SSSR count). The minimum Gasteiger partial charge on any atom is -0.351 e. The van der Waals surface area contributed by atoms with E-state index in [-0.39, 0.29) is 5.91 Å². The molecule has 7 nitrogen and oxygen atoms in total. The number of nitrogens with zero attached hydrogens (tertiary/aromatic N) is 5. The van der Waals surface area contributed by atoms with Crippen molar-refractivity contribution in [3.8, 4) is 0 Å². The molecule has 3 aromatic heterocycles. The van der Waals surface area contributed by atoms with Crippen LogP contribution in [0.1, 0.15) is 40.8 Å². The van der Waals surface area contributed by atoms with Crippen molar-refractivity contribution in [3.63, 3.8) is 0 Å². The molecule has 28 heavy (non-hydrogen) atoms. The molecule has 8 heteroatoms. The van der Waals surface area contributed by atoms with E-state index in [0.29, 0.717) is 35.1 Å². The number of imidazole rings is 1. The summed E-state index contributed by atoms with van der Waals surface area (Å²) in [5.74, 6) is 2.17. The average Bonchev–Trinajstić information content (AvgIpc) is 3.37. The van der Waals surface area contributed by atoms with E-state index < -0.39 is 0 Å². The van der Waals surface area contributed by atoms with E-state index in [1.54, 1.807) is 6.07 Å². The fraction of sp³-hybridized carbons (Fsp3) is 0.300. The maximum atomic E-state index is 12.7. The zero-order chi connectivity index (χ0) is 19.3. The first-order valence-corrected chi connectivity index (χ1v) is 9.72. The molecule has 0 bridgehead atoms. The number of amides is 1. The molecule has 1 saturated carbocycles. The molecule has 1 N–H and O–H groups in total. The van der Waals surface area contributed by atoms with Crippen molar-refractivity contribution in [2.75, 3.05) is 6.54 Å². The number of nitrogens with one attached hydrogen (secondary N) is 1. The summed E-state index contributed by atoms with van der Waals surface area (Å²) in [6, 6.07) is 9.29. The van der Waals surface area contributed by atoms with Gasteiger partial charge in [-0.1, -0.05) is 11.6 Å². The summed E-state index contributed by atoms with van der Waals surface area (Å²) >= 11 is 6.08. The number of carbonyl (C=O) groups excluding carboxylic acids is 1. The monoisotopic (exact) mass is 394 g/mol. The van der Waals surface area contributed by atoms with Gasteiger partial charge in [-0.2, -0.15) is 0 Å². The highest BCUT2D eigenvalue weighted by Crippen LogP contribution is 2.39. The summed E-state index contributed by atoms with van der Waals surface area (Å²) in [5.41, 5.74) is 3.03. The second-order valence-corrected chi connectivity index (χ2v) is 7.61. The Labute approximate surface area is 166 Å². The quantitative estimate of drug-likeness (QED) is 0.564. The number of aromatic nitrogens is 5. The molecule has 0 spiro atoms. The molecule has 0 radical (unpaired) electrons. The number of aryl methyl sites for hydroxylation is 1. The average molecular weight is 395 g/mol. The van der Waals surface area contributed by atoms with Gasteiger partial charge in [-0.15, -0.1) is 10.2 Å². The van der Waals surface area contributed by atoms with E-state index in [1.807, 2.05) is 46.5 Å². The Morgan fingerprint density at radius 2 is 2.14 bits per heavy atom. The number of rotatable bonds is 5. The SMILES string of the molecule is Cn1c(CCNC(=O)c2cccn3c(C4CC4)nnc23)nc2ccc(Cl)cc21. The molecule has 1 aromatic carbocycles. The fourth-order valence-corrected chi connectivity index (χ4v) is 3.72. The Kier molecular flexibility index (Phi) is 4.05. The zero-order valence-electron chi connectivity index (χ0n) is 15.4. The Bertz CT molecular complexity index is 1210. The van der Waals surface area contributed by atoms with Gasteiger partial charge in [-0.05, 0) is 43.2 Å². The molecule has 142 valence electrons. The molecule has 1 aliphatic rings. The molecule has 0 aliphatic heterocycles. The Hall–Kier alpha value is -2.93. The first-order valence-electron chi connectivity index (χ1n) is 9.34. The van der Waals surface area contributed by atoms with Crippen molar-refractivity contribution in [3.05, 3.63) is 58.8 Å². The Morgan fingerprint density at radius 1 is 1.29 bits per heavy atom. The number of hydrogen-bond donors (Lipinski definition) is 1. The van der Waals surface area contributed by atoms with Crippen molar-refractivity contribution in [2.45, 2.75) is 25.2 Å². The molecule has 3 heterocycles. The van der Waals surface area contributed by atoms with Crippen LogP contribution in [0.3, 0.4) is 0 Å². The first-order chi connectivity index (χ1) is 13.6. The van der Waals surface area contributed by atoms with Crippen LogP contribution in [0.25, 0.3) is 16.7 Å². The second-order valence-electron chi connectivity index (χ2n) is 7.17. The van der Waals surface area contributed by atoms with E-state index in [0.717, 1.165) is 35.5 Å². The standard InChI is InChI=1S/C20H19ClN6O/c1-26-16-11-13(21)6-7-15(16)23-17(26)8-9-22-20(28)14-3-2-10-27-18(12-4-5-12)24-25-19(14)27/h2-3,6-7,10-12H,4-5,8-9H2,1H3,(H,22,28). The van der Waals surface area contributed by atoms with Crippen LogP contribution >= 0.6 is 11.6 Å². The summed E-state index contributed by atoms with van der Waals surface area (Å²) in [6.45, 7) is 0.481. The number of pyridine rings is 1. The lowest BCUT2D eigenvalue weighted by molar-refractivity contribution is 0.0955. The maximum absolute atomic E-state index is 12.7. The summed E-state index contributed by atoms with van der Waals surface area (Å²) in [6.07, 6.45) is 4.82. The topological polar surface area (TPSA) is 77.1 Å². The predicted molar refractivity (Wildman–Crippen MR) is 107 cm³/mol. The number of carbonyl (C=O) groups is 1. The molecule has 4 aromatic rings. The van der Waals surface area contributed by atoms with Crippen LogP contribution in [0.2, 0.25) is 5.02 Å². The zero-order valence-corrected chi connectivity index (χ0v) is 16.1. The van der Waals surface area contributed by atoms with E-state index in [2.05, 4.69) is 20.5 Å². The van der Waals surface area contributed by atoms with Crippen molar-refractivity contribution in [2.24, 2.45) is 7.05 Å². The van der Waals surface area contributed by atoms with Crippen molar-refractivity contribution >= 4 is 34.2 Å². The molecule has 0 saturated heterocycles. The van der Waals surface area contributed by atoms with E-state index >= 15 is 0 Å². The maximum Gasteiger partial charge on any atom is 0.255 e. The lowest BCUT2D eigenvalue weighted by atomic mass is 10.2. The number of hydrogen-bond acceptors (Lipinski definition) is 4. The van der Waals surface area contributed by atoms with Crippen LogP contribution in [0, 0.1) is 0 Å². The van der Waals surface area contributed by atoms with Gasteiger partial charge in [-0.3, -0.25) is 9.20 Å². The Balaban J connectivity index is 1.32. The molecule has 0 unspecified atom stereocenters. The van der Waals surface area contributed by atoms with E-state index in [1.165, 1.54) is 0 Å². The normalized spacial score (nSPS) is 14.1. The van der Waals surface area contributed by atoms with Crippen LogP contribution in [0.15, 0.2) is 36.5 Å². The highest BCUT2D eigenvalue weighted by atomic mass is 35.5. The van der Waals surface area contributed by atoms with Gasteiger partial charge in [0.05, 0.1) is 16.6 Å². The summed E-state index contributed by atoms with van der Waals surface area (Å²) in [7, 11) is 1.96. The van der Waals surface area contributed by atoms with Crippen LogP contribution in [0.4, 0.5) is 0 Å². The first kappa shape index (κ1) is 17.2. The van der Waals surface area contributed by atoms with Gasteiger partial charge in [0.25, 0.3) is 5.91 Å². The third-order valence-corrected chi connectivity index (χ3v) is 5.45. The molecule has 1 aliphatic carbocycles. The lowest BCUT2D eigenvalue weighted by Gasteiger charge is -2.07. The molecule has 1 amide bonds. The number of fused-ring (bicyclic) bond motifs is 2. The highest BCUT2D eigenvalue weighted by molar-refractivity contribution is 6.31. The minimum absolute atomic E-state index is 0.151. The highest BCUT2D eigenvalue weighted by Gasteiger charge is 2.29. The van der Waals surface area contributed by atoms with Gasteiger partial charge in [0.2, 0.25) is 0 Å². The molecule has 1 fully saturated rings. The summed E-state index contributed by atoms with van der Waals surface area (Å²) < 4.78 is 3.94. The molecule has 0 atom stereocenters. The van der Waals surface area contributed by atoms with Gasteiger partial charge < -0.3 is 9.88 Å². The van der Waals surface area contributed by atoms with Gasteiger partial charge >= 0.3 is 0 Å². The van der Waals surface area contributed by atoms with Gasteiger partial charge in [0, 0.05) is 37.2 Å². The van der Waals surface area contributed by atoms with Gasteiger partial charge in [-0.25, -0.2) is 4.98 Å². The van der Waals surface area contributed by atoms with Crippen LogP contribution < -0.4 is 5.32 Å². The molecular weight excluding hydrogens is 376 g/mol. The number of halogens is 1. The van der Waals surface area contributed by atoms with Crippen molar-refractivity contribution < 1.29 is 4.79 Å². The largest absolute Gasteiger partial charge is 0.351 e. The fourth-order valence-electron chi connectivity index (χ4n) is 3.55. The minimum atomic E-state index is -0.151. The van der Waals surface area contributed by atoms with Crippen LogP contribution in [-0.4, -0.2) is 36.6 Å².